The van der Waals surface area contributed by atoms with Gasteiger partial charge >= 0.3 is 0 Å². The fraction of sp³-hybridized carbons (Fsp3) is 0.793. The summed E-state index contributed by atoms with van der Waals surface area (Å²) >= 11 is 0. The molecular weight excluding hydrogens is 447 g/mol. The average Bonchev–Trinajstić information content (AvgIpc) is 2.86. The number of hydrogen-bond acceptors (Lipinski definition) is 5. The van der Waals surface area contributed by atoms with Gasteiger partial charge in [0.15, 0.2) is 0 Å². The van der Waals surface area contributed by atoms with Gasteiger partial charge in [-0.05, 0) is 38.2 Å². The summed E-state index contributed by atoms with van der Waals surface area (Å²) in [4.78, 5) is 0. The van der Waals surface area contributed by atoms with Crippen LogP contribution in [0.3, 0.4) is 0 Å². The Hall–Kier alpha value is -1.05. The second kappa shape index (κ2) is 17.4. The van der Waals surface area contributed by atoms with Crippen molar-refractivity contribution >= 4 is 0 Å². The van der Waals surface area contributed by atoms with Gasteiger partial charge in [-0.2, -0.15) is 0 Å². The van der Waals surface area contributed by atoms with E-state index in [0.717, 1.165) is 51.4 Å². The van der Waals surface area contributed by atoms with Gasteiger partial charge in [-0.3, -0.25) is 0 Å². The first-order valence-electron chi connectivity index (χ1n) is 13.9. The summed E-state index contributed by atoms with van der Waals surface area (Å²) < 4.78 is 47.3. The van der Waals surface area contributed by atoms with Gasteiger partial charge in [0.25, 0.3) is 0 Å². The summed E-state index contributed by atoms with van der Waals surface area (Å²) in [5.41, 5.74) is 1.11. The van der Waals surface area contributed by atoms with Gasteiger partial charge in [0.1, 0.15) is 36.3 Å². The average molecular weight is 497 g/mol. The molecule has 1 aromatic carbocycles. The van der Waals surface area contributed by atoms with Crippen LogP contribution in [0.4, 0.5) is 4.39 Å². The minimum absolute atomic E-state index is 0.245. The standard InChI is InChI=1S/C29H49FO5/c1-6-10-17-31-21-24-27(32-18-11-7-2)29(34-20-13-9-4)28(33-19-12-8-3)26(35-24)23-16-14-15-22(5)25(23)30/h14-16,24,26-29H,6-13,17-21H2,1-5H3/t24-,26+,27-,28+,29+/m1/s1. The SMILES string of the molecule is CCCCOC[C@H]1O[C@@H](c2cccc(C)c2F)[C@H](OCCCC)[C@@H](OCCCC)[C@@H]1OCCCC. The third-order valence-corrected chi connectivity index (χ3v) is 6.51. The van der Waals surface area contributed by atoms with E-state index in [9.17, 15) is 0 Å². The normalized spacial score (nSPS) is 24.7. The molecular formula is C29H49FO5. The molecule has 0 N–H and O–H groups in total. The molecule has 1 aliphatic rings. The van der Waals surface area contributed by atoms with E-state index in [1.54, 1.807) is 19.1 Å². The molecule has 1 heterocycles. The number of aryl methyl sites for hydroxylation is 1. The molecule has 0 spiro atoms. The lowest BCUT2D eigenvalue weighted by molar-refractivity contribution is -0.268. The second-order valence-corrected chi connectivity index (χ2v) is 9.57. The molecule has 6 heteroatoms. The Balaban J connectivity index is 2.41. The summed E-state index contributed by atoms with van der Waals surface area (Å²) in [5.74, 6) is -0.245. The van der Waals surface area contributed by atoms with Crippen molar-refractivity contribution in [3.8, 4) is 0 Å². The van der Waals surface area contributed by atoms with Crippen LogP contribution in [-0.2, 0) is 23.7 Å². The van der Waals surface area contributed by atoms with E-state index in [4.69, 9.17) is 23.7 Å². The van der Waals surface area contributed by atoms with Crippen LogP contribution >= 0.6 is 0 Å². The van der Waals surface area contributed by atoms with Gasteiger partial charge in [0.05, 0.1) is 6.61 Å². The maximum Gasteiger partial charge on any atom is 0.132 e. The van der Waals surface area contributed by atoms with Crippen LogP contribution in [0.2, 0.25) is 0 Å². The number of benzene rings is 1. The Bertz CT molecular complexity index is 685. The van der Waals surface area contributed by atoms with Crippen LogP contribution in [0.25, 0.3) is 0 Å². The third kappa shape index (κ3) is 9.40. The van der Waals surface area contributed by atoms with Crippen molar-refractivity contribution in [3.05, 3.63) is 35.1 Å². The first-order valence-corrected chi connectivity index (χ1v) is 13.9. The van der Waals surface area contributed by atoms with Crippen molar-refractivity contribution in [1.29, 1.82) is 0 Å². The molecule has 1 fully saturated rings. The first kappa shape index (κ1) is 30.2. The quantitative estimate of drug-likeness (QED) is 0.206. The molecule has 1 aromatic rings. The zero-order chi connectivity index (χ0) is 25.5. The molecule has 0 amide bonds. The van der Waals surface area contributed by atoms with Gasteiger partial charge in [0, 0.05) is 32.0 Å². The fourth-order valence-corrected chi connectivity index (χ4v) is 4.30. The fourth-order valence-electron chi connectivity index (χ4n) is 4.30. The highest BCUT2D eigenvalue weighted by atomic mass is 19.1. The summed E-state index contributed by atoms with van der Waals surface area (Å²) in [6.45, 7) is 13.2. The summed E-state index contributed by atoms with van der Waals surface area (Å²) in [6, 6.07) is 5.47. The minimum atomic E-state index is -0.593. The Labute approximate surface area is 213 Å². The van der Waals surface area contributed by atoms with Gasteiger partial charge < -0.3 is 23.7 Å². The zero-order valence-corrected chi connectivity index (χ0v) is 22.7. The highest BCUT2D eigenvalue weighted by Crippen LogP contribution is 2.39. The van der Waals surface area contributed by atoms with Crippen molar-refractivity contribution in [2.75, 3.05) is 33.0 Å². The van der Waals surface area contributed by atoms with Crippen LogP contribution in [0.15, 0.2) is 18.2 Å². The molecule has 2 rings (SSSR count). The molecule has 0 saturated carbocycles. The Kier molecular flexibility index (Phi) is 15.0. The van der Waals surface area contributed by atoms with Crippen molar-refractivity contribution in [3.63, 3.8) is 0 Å². The lowest BCUT2D eigenvalue weighted by Gasteiger charge is -2.46. The van der Waals surface area contributed by atoms with E-state index in [0.29, 0.717) is 44.2 Å². The molecule has 1 aliphatic heterocycles. The Morgan fingerprint density at radius 1 is 0.743 bits per heavy atom. The number of rotatable bonds is 18. The van der Waals surface area contributed by atoms with E-state index in [2.05, 4.69) is 27.7 Å². The van der Waals surface area contributed by atoms with Crippen LogP contribution in [0, 0.1) is 12.7 Å². The topological polar surface area (TPSA) is 46.2 Å². The molecule has 202 valence electrons. The highest BCUT2D eigenvalue weighted by Gasteiger charge is 2.49. The van der Waals surface area contributed by atoms with E-state index in [1.807, 2.05) is 6.07 Å². The molecule has 5 atom stereocenters. The molecule has 0 bridgehead atoms. The highest BCUT2D eigenvalue weighted by molar-refractivity contribution is 5.28. The number of hydrogen-bond donors (Lipinski definition) is 0. The molecule has 35 heavy (non-hydrogen) atoms. The lowest BCUT2D eigenvalue weighted by atomic mass is 9.89. The van der Waals surface area contributed by atoms with E-state index in [-0.39, 0.29) is 24.1 Å². The second-order valence-electron chi connectivity index (χ2n) is 9.57. The summed E-state index contributed by atoms with van der Waals surface area (Å²) in [5, 5.41) is 0. The van der Waals surface area contributed by atoms with E-state index >= 15 is 4.39 Å². The molecule has 0 aromatic heterocycles. The third-order valence-electron chi connectivity index (χ3n) is 6.51. The Morgan fingerprint density at radius 3 is 1.89 bits per heavy atom. The number of unbranched alkanes of at least 4 members (excludes halogenated alkanes) is 4. The van der Waals surface area contributed by atoms with Crippen LogP contribution in [0.1, 0.15) is 96.3 Å². The van der Waals surface area contributed by atoms with Crippen LogP contribution in [-0.4, -0.2) is 57.5 Å². The zero-order valence-electron chi connectivity index (χ0n) is 22.7. The summed E-state index contributed by atoms with van der Waals surface area (Å²) in [6.07, 6.45) is 5.84. The van der Waals surface area contributed by atoms with Crippen molar-refractivity contribution < 1.29 is 28.1 Å². The predicted octanol–water partition coefficient (Wildman–Crippen LogP) is 6.95. The smallest absolute Gasteiger partial charge is 0.132 e. The molecule has 0 aliphatic carbocycles. The molecule has 5 nitrogen and oxygen atoms in total. The van der Waals surface area contributed by atoms with E-state index < -0.39 is 12.2 Å². The van der Waals surface area contributed by atoms with Crippen LogP contribution in [0.5, 0.6) is 0 Å². The molecule has 0 radical (unpaired) electrons. The van der Waals surface area contributed by atoms with Gasteiger partial charge in [-0.25, -0.2) is 4.39 Å². The molecule has 0 unspecified atom stereocenters. The number of halogens is 1. The summed E-state index contributed by atoms with van der Waals surface area (Å²) in [7, 11) is 0. The van der Waals surface area contributed by atoms with Gasteiger partial charge in [0.2, 0.25) is 0 Å². The van der Waals surface area contributed by atoms with Gasteiger partial charge in [-0.15, -0.1) is 0 Å². The van der Waals surface area contributed by atoms with E-state index in [1.165, 1.54) is 0 Å². The maximum atomic E-state index is 15.4. The van der Waals surface area contributed by atoms with Crippen molar-refractivity contribution in [2.24, 2.45) is 0 Å². The lowest BCUT2D eigenvalue weighted by Crippen LogP contribution is -2.58. The minimum Gasteiger partial charge on any atom is -0.379 e. The predicted molar refractivity (Wildman–Crippen MR) is 138 cm³/mol. The monoisotopic (exact) mass is 496 g/mol. The van der Waals surface area contributed by atoms with Crippen molar-refractivity contribution in [2.45, 2.75) is 117 Å². The largest absolute Gasteiger partial charge is 0.379 e. The van der Waals surface area contributed by atoms with Gasteiger partial charge in [-0.1, -0.05) is 71.6 Å². The number of ether oxygens (including phenoxy) is 5. The van der Waals surface area contributed by atoms with Crippen molar-refractivity contribution in [1.82, 2.24) is 0 Å². The van der Waals surface area contributed by atoms with Crippen LogP contribution < -0.4 is 0 Å². The molecule has 1 saturated heterocycles. The first-order chi connectivity index (χ1) is 17.1. The maximum absolute atomic E-state index is 15.4. The Morgan fingerprint density at radius 2 is 1.29 bits per heavy atom.